The third-order valence-electron chi connectivity index (χ3n) is 7.26. The summed E-state index contributed by atoms with van der Waals surface area (Å²) >= 11 is 0. The molecule has 29 heavy (non-hydrogen) atoms. The number of ketones is 1. The molecule has 1 aliphatic carbocycles. The molecule has 2 heterocycles. The van der Waals surface area contributed by atoms with Gasteiger partial charge in [0.15, 0.2) is 0 Å². The average Bonchev–Trinajstić information content (AvgIpc) is 2.76. The largest absolute Gasteiger partial charge is 0.342 e. The highest BCUT2D eigenvalue weighted by molar-refractivity contribution is 5.81. The third kappa shape index (κ3) is 7.67. The van der Waals surface area contributed by atoms with E-state index in [0.717, 1.165) is 44.7 Å². The van der Waals surface area contributed by atoms with Crippen molar-refractivity contribution in [3.8, 4) is 0 Å². The van der Waals surface area contributed by atoms with Gasteiger partial charge >= 0.3 is 0 Å². The fourth-order valence-electron chi connectivity index (χ4n) is 5.12. The summed E-state index contributed by atoms with van der Waals surface area (Å²) in [5, 5.41) is 0. The highest BCUT2D eigenvalue weighted by Crippen LogP contribution is 2.32. The predicted octanol–water partition coefficient (Wildman–Crippen LogP) is 3.67. The molecule has 0 atom stereocenters. The second-order valence-electron chi connectivity index (χ2n) is 9.22. The normalized spacial score (nSPS) is 27.2. The lowest BCUT2D eigenvalue weighted by Gasteiger charge is -2.36. The molecule has 2 aliphatic heterocycles. The Morgan fingerprint density at radius 2 is 1.34 bits per heavy atom. The molecule has 2 saturated heterocycles. The molecular weight excluding hydrogens is 362 g/mol. The van der Waals surface area contributed by atoms with Gasteiger partial charge in [-0.1, -0.05) is 13.8 Å². The first kappa shape index (κ1) is 24.3. The van der Waals surface area contributed by atoms with Crippen molar-refractivity contribution in [2.75, 3.05) is 52.9 Å². The van der Waals surface area contributed by atoms with Crippen LogP contribution < -0.4 is 0 Å². The van der Waals surface area contributed by atoms with Crippen LogP contribution in [0.3, 0.4) is 0 Å². The van der Waals surface area contributed by atoms with E-state index < -0.39 is 0 Å². The van der Waals surface area contributed by atoms with Crippen molar-refractivity contribution in [1.82, 2.24) is 14.7 Å². The molecule has 1 amide bonds. The molecule has 3 aliphatic rings. The van der Waals surface area contributed by atoms with Crippen LogP contribution in [-0.4, -0.2) is 79.3 Å². The topological polar surface area (TPSA) is 43.9 Å². The first-order valence-corrected chi connectivity index (χ1v) is 12.2. The van der Waals surface area contributed by atoms with E-state index in [2.05, 4.69) is 21.7 Å². The maximum atomic E-state index is 12.8. The molecule has 168 valence electrons. The molecule has 0 aromatic rings. The van der Waals surface area contributed by atoms with Gasteiger partial charge in [0, 0.05) is 51.1 Å². The summed E-state index contributed by atoms with van der Waals surface area (Å²) in [7, 11) is 2.21. The Morgan fingerprint density at radius 3 is 1.90 bits per heavy atom. The van der Waals surface area contributed by atoms with Crippen LogP contribution in [0.5, 0.6) is 0 Å². The van der Waals surface area contributed by atoms with Crippen LogP contribution >= 0.6 is 0 Å². The van der Waals surface area contributed by atoms with Crippen LogP contribution in [0.1, 0.15) is 72.1 Å². The quantitative estimate of drug-likeness (QED) is 0.674. The number of nitrogens with zero attached hydrogens (tertiary/aromatic N) is 3. The highest BCUT2D eigenvalue weighted by atomic mass is 16.2. The fraction of sp³-hybridized carbons (Fsp3) is 0.917. The van der Waals surface area contributed by atoms with E-state index in [1.54, 1.807) is 6.92 Å². The summed E-state index contributed by atoms with van der Waals surface area (Å²) in [5.74, 6) is 1.86. The van der Waals surface area contributed by atoms with Crippen molar-refractivity contribution in [3.05, 3.63) is 0 Å². The smallest absolute Gasteiger partial charge is 0.225 e. The van der Waals surface area contributed by atoms with Gasteiger partial charge in [0.25, 0.3) is 0 Å². The maximum Gasteiger partial charge on any atom is 0.225 e. The predicted molar refractivity (Wildman–Crippen MR) is 120 cm³/mol. The van der Waals surface area contributed by atoms with Crippen LogP contribution in [0.15, 0.2) is 0 Å². The molecule has 3 rings (SSSR count). The summed E-state index contributed by atoms with van der Waals surface area (Å²) in [6.07, 6.45) is 8.62. The van der Waals surface area contributed by atoms with E-state index in [1.807, 2.05) is 13.8 Å². The molecule has 0 bridgehead atoms. The maximum absolute atomic E-state index is 12.8. The number of likely N-dealkylation sites (tertiary alicyclic amines) is 1. The lowest BCUT2D eigenvalue weighted by Crippen LogP contribution is -2.45. The van der Waals surface area contributed by atoms with Gasteiger partial charge in [-0.25, -0.2) is 0 Å². The number of carbonyl (C=O) groups is 2. The van der Waals surface area contributed by atoms with E-state index >= 15 is 0 Å². The molecule has 0 unspecified atom stereocenters. The van der Waals surface area contributed by atoms with Crippen molar-refractivity contribution in [1.29, 1.82) is 0 Å². The Kier molecular flexibility index (Phi) is 10.6. The van der Waals surface area contributed by atoms with E-state index in [9.17, 15) is 9.59 Å². The summed E-state index contributed by atoms with van der Waals surface area (Å²) in [6.45, 7) is 13.7. The van der Waals surface area contributed by atoms with E-state index in [4.69, 9.17) is 0 Å². The number of likely N-dealkylation sites (N-methyl/N-ethyl adjacent to an activating group) is 1. The SMILES string of the molecule is CC.CC(=O)C1CCC(C(=O)N2CCC(CCCN3CCN(C)CC3)CC2)CC1. The lowest BCUT2D eigenvalue weighted by molar-refractivity contribution is -0.139. The standard InChI is InChI=1S/C22H39N3O2.C2H6/c1-18(26)20-5-7-21(8-6-20)22(27)25-12-9-19(10-13-25)4-3-11-24-16-14-23(2)15-17-24;1-2/h19-21H,3-17H2,1-2H3;1-2H3. The molecule has 0 N–H and O–H groups in total. The summed E-state index contributed by atoms with van der Waals surface area (Å²) in [4.78, 5) is 31.5. The Hall–Kier alpha value is -0.940. The first-order valence-electron chi connectivity index (χ1n) is 12.2. The van der Waals surface area contributed by atoms with Gasteiger partial charge in [-0.15, -0.1) is 0 Å². The Labute approximate surface area is 179 Å². The van der Waals surface area contributed by atoms with Crippen LogP contribution in [0.2, 0.25) is 0 Å². The molecule has 5 heteroatoms. The highest BCUT2D eigenvalue weighted by Gasteiger charge is 2.32. The summed E-state index contributed by atoms with van der Waals surface area (Å²) in [5.41, 5.74) is 0. The molecule has 0 aromatic carbocycles. The molecule has 1 saturated carbocycles. The minimum Gasteiger partial charge on any atom is -0.342 e. The van der Waals surface area contributed by atoms with Gasteiger partial charge < -0.3 is 14.7 Å². The molecular formula is C24H45N3O2. The Morgan fingerprint density at radius 1 is 0.793 bits per heavy atom. The van der Waals surface area contributed by atoms with Gasteiger partial charge in [0.05, 0.1) is 0 Å². The van der Waals surface area contributed by atoms with E-state index in [-0.39, 0.29) is 11.8 Å². The second-order valence-corrected chi connectivity index (χ2v) is 9.22. The minimum absolute atomic E-state index is 0.175. The van der Waals surface area contributed by atoms with Crippen molar-refractivity contribution in [2.45, 2.75) is 72.1 Å². The number of piperidine rings is 1. The first-order chi connectivity index (χ1) is 14.0. The Bertz CT molecular complexity index is 486. The fourth-order valence-corrected chi connectivity index (χ4v) is 5.12. The monoisotopic (exact) mass is 407 g/mol. The van der Waals surface area contributed by atoms with Crippen LogP contribution in [0.4, 0.5) is 0 Å². The van der Waals surface area contributed by atoms with Crippen LogP contribution in [-0.2, 0) is 9.59 Å². The van der Waals surface area contributed by atoms with Gasteiger partial charge in [-0.2, -0.15) is 0 Å². The number of Topliss-reactive ketones (excluding diaryl/α,β-unsaturated/α-hetero) is 1. The van der Waals surface area contributed by atoms with Gasteiger partial charge in [0.2, 0.25) is 5.91 Å². The van der Waals surface area contributed by atoms with Crippen molar-refractivity contribution in [2.24, 2.45) is 17.8 Å². The Balaban J connectivity index is 0.00000145. The van der Waals surface area contributed by atoms with Crippen LogP contribution in [0.25, 0.3) is 0 Å². The zero-order valence-electron chi connectivity index (χ0n) is 19.5. The van der Waals surface area contributed by atoms with Crippen molar-refractivity contribution in [3.63, 3.8) is 0 Å². The zero-order valence-corrected chi connectivity index (χ0v) is 19.5. The number of rotatable bonds is 6. The number of hydrogen-bond donors (Lipinski definition) is 0. The molecule has 3 fully saturated rings. The van der Waals surface area contributed by atoms with Crippen molar-refractivity contribution < 1.29 is 9.59 Å². The number of piperazine rings is 1. The number of carbonyl (C=O) groups excluding carboxylic acids is 2. The second kappa shape index (κ2) is 12.7. The summed E-state index contributed by atoms with van der Waals surface area (Å²) < 4.78 is 0. The molecule has 5 nitrogen and oxygen atoms in total. The lowest BCUT2D eigenvalue weighted by atomic mass is 9.79. The average molecular weight is 408 g/mol. The summed E-state index contributed by atoms with van der Waals surface area (Å²) in [6, 6.07) is 0. The van der Waals surface area contributed by atoms with Gasteiger partial charge in [-0.05, 0) is 77.8 Å². The molecule has 0 spiro atoms. The molecule has 0 radical (unpaired) electrons. The van der Waals surface area contributed by atoms with Crippen LogP contribution in [0, 0.1) is 17.8 Å². The molecule has 0 aromatic heterocycles. The van der Waals surface area contributed by atoms with E-state index in [1.165, 1.54) is 58.4 Å². The minimum atomic E-state index is 0.175. The van der Waals surface area contributed by atoms with E-state index in [0.29, 0.717) is 11.7 Å². The zero-order chi connectivity index (χ0) is 21.2. The van der Waals surface area contributed by atoms with Gasteiger partial charge in [-0.3, -0.25) is 9.59 Å². The number of hydrogen-bond acceptors (Lipinski definition) is 4. The number of amides is 1. The van der Waals surface area contributed by atoms with Gasteiger partial charge in [0.1, 0.15) is 5.78 Å². The van der Waals surface area contributed by atoms with Crippen molar-refractivity contribution >= 4 is 11.7 Å². The third-order valence-corrected chi connectivity index (χ3v) is 7.26.